The summed E-state index contributed by atoms with van der Waals surface area (Å²) >= 11 is 0. The molecule has 0 saturated carbocycles. The zero-order valence-corrected chi connectivity index (χ0v) is 61.2. The molecule has 1 aliphatic carbocycles. The van der Waals surface area contributed by atoms with E-state index in [1.165, 1.54) is 74.6 Å². The van der Waals surface area contributed by atoms with Gasteiger partial charge in [-0.25, -0.2) is 14.6 Å². The number of cyclic esters (lactones) is 2. The molecule has 5 aliphatic heterocycles. The predicted molar refractivity (Wildman–Crippen MR) is 372 cm³/mol. The van der Waals surface area contributed by atoms with Gasteiger partial charge in [-0.15, -0.1) is 0 Å². The van der Waals surface area contributed by atoms with E-state index < -0.39 is 191 Å². The molecule has 1 aromatic carbocycles. The van der Waals surface area contributed by atoms with E-state index in [0.717, 1.165) is 48.3 Å². The third-order valence-electron chi connectivity index (χ3n) is 19.8. The zero-order chi connectivity index (χ0) is 74.2. The fourth-order valence-corrected chi connectivity index (χ4v) is 13.8. The van der Waals surface area contributed by atoms with Gasteiger partial charge in [0.05, 0.1) is 29.9 Å². The zero-order valence-electron chi connectivity index (χ0n) is 61.2. The summed E-state index contributed by atoms with van der Waals surface area (Å²) in [6.45, 7) is 21.1. The van der Waals surface area contributed by atoms with Crippen LogP contribution in [0.4, 0.5) is 11.4 Å². The number of nitrogens with one attached hydrogen (secondary N) is 5. The van der Waals surface area contributed by atoms with Crippen LogP contribution in [-0.4, -0.2) is 227 Å². The minimum Gasteiger partial charge on any atom is -0.458 e. The SMILES string of the molecule is CCCCCCCCCNc1cc(C(=O)N[C@@H]2C(=O)N[C@H](C(C)C)C(=O)N3CCC[C@@H]3C(=O)N(C)CC(=O)N(C)[C@@H](C(C)C)C(=O)O[C@@H]2C)c2nc3c(C(=O)N[C@H]4C(=O)N[C@@H](C(C)C)C(=O)N5CCC[C@H]5C(=O)N(C)CC(=O)N(C)[C@H](C(C)C)C(=O)O[C@H]4C)c(N)c(=O)c(C)c-3oc2c1C. The number of ether oxygens (including phenoxy) is 2. The Labute approximate surface area is 585 Å². The molecule has 4 saturated heterocycles. The summed E-state index contributed by atoms with van der Waals surface area (Å²) in [5.74, 6) is -12.4. The van der Waals surface area contributed by atoms with Crippen molar-refractivity contribution < 1.29 is 71.4 Å². The van der Waals surface area contributed by atoms with Crippen molar-refractivity contribution in [3.63, 3.8) is 0 Å². The number of hydrogen-bond acceptors (Lipinski definition) is 19. The first kappa shape index (κ1) is 78.4. The fourth-order valence-electron chi connectivity index (χ4n) is 13.8. The first-order valence-corrected chi connectivity index (χ1v) is 35.3. The molecule has 4 fully saturated rings. The van der Waals surface area contributed by atoms with Crippen LogP contribution in [0, 0.1) is 37.5 Å². The molecule has 7 rings (SSSR count). The van der Waals surface area contributed by atoms with E-state index in [0.29, 0.717) is 37.1 Å². The minimum atomic E-state index is -1.90. The number of benzene rings is 2. The normalized spacial score (nSPS) is 24.8. The van der Waals surface area contributed by atoms with Gasteiger partial charge in [-0.05, 0) is 89.5 Å². The molecule has 550 valence electrons. The predicted octanol–water partition coefficient (Wildman–Crippen LogP) is 3.89. The van der Waals surface area contributed by atoms with Gasteiger partial charge in [0.1, 0.15) is 71.8 Å². The Morgan fingerprint density at radius 1 is 0.610 bits per heavy atom. The number of fused-ring (bicyclic) bond motifs is 4. The summed E-state index contributed by atoms with van der Waals surface area (Å²) in [4.78, 5) is 203. The Balaban J connectivity index is 1.39. The number of anilines is 2. The number of amides is 10. The second-order valence-corrected chi connectivity index (χ2v) is 28.8. The van der Waals surface area contributed by atoms with Crippen molar-refractivity contribution >= 4 is 93.5 Å². The molecule has 7 N–H and O–H groups in total. The number of aromatic nitrogens is 1. The number of carbonyl (C=O) groups excluding carboxylic acids is 12. The van der Waals surface area contributed by atoms with E-state index in [2.05, 4.69) is 33.5 Å². The number of carbonyl (C=O) groups is 12. The van der Waals surface area contributed by atoms with Crippen molar-refractivity contribution in [1.29, 1.82) is 0 Å². The number of nitrogen functional groups attached to an aromatic ring is 1. The topological polar surface area (TPSA) is 372 Å². The third-order valence-corrected chi connectivity index (χ3v) is 19.8. The molecular formula is C71H105N13O16. The van der Waals surface area contributed by atoms with Gasteiger partial charge >= 0.3 is 11.9 Å². The Bertz CT molecular complexity index is 3650. The first-order valence-electron chi connectivity index (χ1n) is 35.3. The summed E-state index contributed by atoms with van der Waals surface area (Å²) in [5, 5.41) is 14.3. The molecule has 100 heavy (non-hydrogen) atoms. The van der Waals surface area contributed by atoms with Crippen molar-refractivity contribution in [3.05, 3.63) is 38.5 Å². The van der Waals surface area contributed by atoms with Gasteiger partial charge in [0.2, 0.25) is 52.7 Å². The molecule has 29 nitrogen and oxygen atoms in total. The van der Waals surface area contributed by atoms with Crippen molar-refractivity contribution in [3.8, 4) is 11.5 Å². The summed E-state index contributed by atoms with van der Waals surface area (Å²) in [5.41, 5.74) is 4.11. The van der Waals surface area contributed by atoms with Crippen molar-refractivity contribution in [1.82, 2.24) is 55.7 Å². The average molecular weight is 1400 g/mol. The lowest BCUT2D eigenvalue weighted by Crippen LogP contribution is -2.61. The van der Waals surface area contributed by atoms with Gasteiger partial charge in [0, 0.05) is 64.6 Å². The number of unbranched alkanes of at least 4 members (excludes halogenated alkanes) is 6. The smallest absolute Gasteiger partial charge is 0.329 e. The van der Waals surface area contributed by atoms with Crippen LogP contribution in [0.5, 0.6) is 0 Å². The number of aryl methyl sites for hydroxylation is 1. The number of likely N-dealkylation sites (N-methyl/N-ethyl adjacent to an activating group) is 4. The van der Waals surface area contributed by atoms with Gasteiger partial charge in [-0.1, -0.05) is 101 Å². The molecule has 5 heterocycles. The lowest BCUT2D eigenvalue weighted by atomic mass is 9.98. The average Bonchev–Trinajstić information content (AvgIpc) is 0.883. The van der Waals surface area contributed by atoms with Crippen LogP contribution in [0.2, 0.25) is 0 Å². The molecule has 1 aromatic rings. The Morgan fingerprint density at radius 3 is 1.49 bits per heavy atom. The van der Waals surface area contributed by atoms with E-state index in [1.807, 2.05) is 0 Å². The summed E-state index contributed by atoms with van der Waals surface area (Å²) in [6, 6.07) is -9.37. The van der Waals surface area contributed by atoms with Crippen LogP contribution in [0.1, 0.15) is 179 Å². The Morgan fingerprint density at radius 2 is 1.05 bits per heavy atom. The first-order chi connectivity index (χ1) is 47.1. The molecular weight excluding hydrogens is 1290 g/mol. The quantitative estimate of drug-likeness (QED) is 0.0483. The second kappa shape index (κ2) is 33.5. The molecule has 0 aromatic heterocycles. The van der Waals surface area contributed by atoms with E-state index in [4.69, 9.17) is 24.6 Å². The maximum atomic E-state index is 15.7. The molecule has 0 unspecified atom stereocenters. The van der Waals surface area contributed by atoms with Crippen LogP contribution in [0.15, 0.2) is 15.3 Å². The van der Waals surface area contributed by atoms with Crippen molar-refractivity contribution in [2.24, 2.45) is 23.7 Å². The number of nitrogens with two attached hydrogens (primary N) is 1. The molecule has 0 bridgehead atoms. The molecule has 29 heteroatoms. The van der Waals surface area contributed by atoms with Crippen LogP contribution in [-0.2, 0) is 57.4 Å². The summed E-state index contributed by atoms with van der Waals surface area (Å²) in [6.07, 6.45) is 5.23. The Hall–Kier alpha value is -8.92. The largest absolute Gasteiger partial charge is 0.458 e. The van der Waals surface area contributed by atoms with E-state index in [-0.39, 0.29) is 53.9 Å². The van der Waals surface area contributed by atoms with Gasteiger partial charge < -0.3 is 75.6 Å². The van der Waals surface area contributed by atoms with Crippen LogP contribution in [0.25, 0.3) is 22.6 Å². The monoisotopic (exact) mass is 1400 g/mol. The van der Waals surface area contributed by atoms with Crippen molar-refractivity contribution in [2.75, 3.05) is 72.0 Å². The summed E-state index contributed by atoms with van der Waals surface area (Å²) in [7, 11) is 5.62. The number of esters is 2. The van der Waals surface area contributed by atoms with Gasteiger partial charge in [-0.2, -0.15) is 0 Å². The van der Waals surface area contributed by atoms with Gasteiger partial charge in [-0.3, -0.25) is 52.7 Å². The lowest BCUT2D eigenvalue weighted by Gasteiger charge is -2.36. The van der Waals surface area contributed by atoms with Gasteiger partial charge in [0.25, 0.3) is 11.8 Å². The standard InChI is InChI=1S/C71H105N13O16/c1-18-19-20-21-22-23-24-29-73-44-32-43(62(88)77-53-41(12)98-70(96)57(37(6)7)81(16)47(85)33-79(14)66(92)45-27-25-30-83(45)68(94)51(35(2)3)75-64(53)90)55-60(39(44)10)100-61-40(11)59(87)50(72)49(56(61)74-55)63(89)78-54-42(13)99-71(97)58(38(8)9)82(17)48(86)34-80(15)67(93)46-28-26-31-84(46)69(95)52(36(4)5)76-65(54)91/h32,35-38,41-42,45-46,51-54,57-58,73H,18-31,33-34,72H2,1-17H3,(H,75,90)(H,76,91)(H,77,88)(H,78,89)/t41-,42+,45-,46+,51-,52+,53+,54-,57+,58-/m1/s1. The highest BCUT2D eigenvalue weighted by Gasteiger charge is 2.47. The highest BCUT2D eigenvalue weighted by molar-refractivity contribution is 6.11. The second-order valence-electron chi connectivity index (χ2n) is 28.8. The number of rotatable bonds is 17. The van der Waals surface area contributed by atoms with Crippen LogP contribution < -0.4 is 37.7 Å². The number of nitrogens with zero attached hydrogens (tertiary/aromatic N) is 7. The maximum Gasteiger partial charge on any atom is 0.329 e. The van der Waals surface area contributed by atoms with Crippen molar-refractivity contribution in [2.45, 2.75) is 221 Å². The maximum absolute atomic E-state index is 15.7. The minimum absolute atomic E-state index is 0.0698. The molecule has 6 aliphatic rings. The number of hydrogen-bond donors (Lipinski definition) is 6. The van der Waals surface area contributed by atoms with Crippen LogP contribution in [0.3, 0.4) is 0 Å². The van der Waals surface area contributed by atoms with E-state index >= 15 is 19.2 Å². The molecule has 10 amide bonds. The highest BCUT2D eigenvalue weighted by Crippen LogP contribution is 2.38. The highest BCUT2D eigenvalue weighted by atomic mass is 16.6. The molecule has 0 spiro atoms. The lowest BCUT2D eigenvalue weighted by molar-refractivity contribution is -0.163. The van der Waals surface area contributed by atoms with Crippen LogP contribution >= 0.6 is 0 Å². The Kier molecular flexibility index (Phi) is 26.3. The molecule has 0 radical (unpaired) electrons. The van der Waals surface area contributed by atoms with Gasteiger partial charge in [0.15, 0.2) is 11.3 Å². The third kappa shape index (κ3) is 17.1. The molecule has 10 atom stereocenters. The van der Waals surface area contributed by atoms with E-state index in [1.54, 1.807) is 62.3 Å². The fraction of sp³-hybridized carbons (Fsp3) is 0.662. The van der Waals surface area contributed by atoms with E-state index in [9.17, 15) is 43.2 Å². The summed E-state index contributed by atoms with van der Waals surface area (Å²) < 4.78 is 18.8.